The first-order chi connectivity index (χ1) is 7.66. The molecule has 2 rings (SSSR count). The average molecular weight is 238 g/mol. The van der Waals surface area contributed by atoms with E-state index in [1.807, 2.05) is 0 Å². The van der Waals surface area contributed by atoms with Gasteiger partial charge in [0.1, 0.15) is 6.10 Å². The molecule has 1 amide bonds. The van der Waals surface area contributed by atoms with Crippen molar-refractivity contribution in [2.24, 2.45) is 5.73 Å². The second-order valence-electron chi connectivity index (χ2n) is 3.24. The summed E-state index contributed by atoms with van der Waals surface area (Å²) in [5.74, 6) is -0.0719. The number of nitrogens with zero attached hydrogens (tertiary/aromatic N) is 1. The van der Waals surface area contributed by atoms with Gasteiger partial charge in [0.15, 0.2) is 10.8 Å². The summed E-state index contributed by atoms with van der Waals surface area (Å²) in [6, 6.07) is 3.57. The molecule has 0 fully saturated rings. The second kappa shape index (κ2) is 4.46. The number of aliphatic hydroxyl groups excluding tert-OH is 1. The molecule has 0 saturated heterocycles. The van der Waals surface area contributed by atoms with Gasteiger partial charge in [0.2, 0.25) is 5.91 Å². The first kappa shape index (κ1) is 10.8. The number of carbonyl (C=O) groups excluding carboxylic acids is 1. The quantitative estimate of drug-likeness (QED) is 0.824. The fraction of sp³-hybridized carbons (Fsp3) is 0.200. The van der Waals surface area contributed by atoms with Crippen LogP contribution in [-0.2, 0) is 11.2 Å². The maximum atomic E-state index is 10.7. The monoisotopic (exact) mass is 238 g/mol. The Morgan fingerprint density at radius 3 is 3.12 bits per heavy atom. The highest BCUT2D eigenvalue weighted by Crippen LogP contribution is 2.24. The van der Waals surface area contributed by atoms with E-state index < -0.39 is 12.0 Å². The number of carbonyl (C=O) groups is 1. The lowest BCUT2D eigenvalue weighted by atomic mass is 10.2. The van der Waals surface area contributed by atoms with E-state index in [0.717, 1.165) is 5.01 Å². The van der Waals surface area contributed by atoms with Crippen molar-refractivity contribution in [2.75, 3.05) is 0 Å². The molecule has 0 aliphatic carbocycles. The standard InChI is InChI=1S/C10H10N2O3S/c11-9(14)7(13)4-6-5-16-10(12-6)8-2-1-3-15-8/h1-3,5,7,13H,4H2,(H2,11,14)/t7-/m0/s1. The van der Waals surface area contributed by atoms with Crippen LogP contribution in [0.1, 0.15) is 5.69 Å². The number of furan rings is 1. The Balaban J connectivity index is 2.11. The zero-order valence-corrected chi connectivity index (χ0v) is 9.11. The predicted molar refractivity (Wildman–Crippen MR) is 58.7 cm³/mol. The molecule has 3 N–H and O–H groups in total. The first-order valence-corrected chi connectivity index (χ1v) is 5.50. The Hall–Kier alpha value is -1.66. The summed E-state index contributed by atoms with van der Waals surface area (Å²) in [6.45, 7) is 0. The maximum Gasteiger partial charge on any atom is 0.246 e. The summed E-state index contributed by atoms with van der Waals surface area (Å²) in [6.07, 6.45) is 0.507. The van der Waals surface area contributed by atoms with Gasteiger partial charge >= 0.3 is 0 Å². The number of primary amides is 1. The molecule has 0 aromatic carbocycles. The van der Waals surface area contributed by atoms with Crippen LogP contribution in [0.3, 0.4) is 0 Å². The van der Waals surface area contributed by atoms with Crippen molar-refractivity contribution in [3.8, 4) is 10.8 Å². The Bertz CT molecular complexity index is 478. The van der Waals surface area contributed by atoms with Crippen molar-refractivity contribution in [3.63, 3.8) is 0 Å². The zero-order chi connectivity index (χ0) is 11.5. The minimum Gasteiger partial charge on any atom is -0.462 e. The molecule has 0 spiro atoms. The largest absolute Gasteiger partial charge is 0.462 e. The predicted octanol–water partition coefficient (Wildman–Crippen LogP) is 0.792. The smallest absolute Gasteiger partial charge is 0.246 e. The number of aromatic nitrogens is 1. The third kappa shape index (κ3) is 2.29. The molecule has 0 bridgehead atoms. The molecule has 0 saturated carbocycles. The molecular formula is C10H10N2O3S. The van der Waals surface area contributed by atoms with Crippen LogP contribution in [0.15, 0.2) is 28.2 Å². The van der Waals surface area contributed by atoms with Gasteiger partial charge in [0, 0.05) is 11.8 Å². The number of hydrogen-bond donors (Lipinski definition) is 2. The van der Waals surface area contributed by atoms with Gasteiger partial charge in [-0.2, -0.15) is 0 Å². The van der Waals surface area contributed by atoms with E-state index in [1.54, 1.807) is 23.8 Å². The highest BCUT2D eigenvalue weighted by molar-refractivity contribution is 7.13. The van der Waals surface area contributed by atoms with Crippen molar-refractivity contribution in [2.45, 2.75) is 12.5 Å². The van der Waals surface area contributed by atoms with E-state index in [4.69, 9.17) is 10.2 Å². The van der Waals surface area contributed by atoms with Crippen LogP contribution in [0.25, 0.3) is 10.8 Å². The highest BCUT2D eigenvalue weighted by atomic mass is 32.1. The minimum absolute atomic E-state index is 0.131. The van der Waals surface area contributed by atoms with E-state index in [0.29, 0.717) is 11.5 Å². The number of hydrogen-bond acceptors (Lipinski definition) is 5. The number of thiazole rings is 1. The fourth-order valence-electron chi connectivity index (χ4n) is 1.21. The molecule has 2 heterocycles. The zero-order valence-electron chi connectivity index (χ0n) is 8.29. The molecule has 2 aromatic heterocycles. The van der Waals surface area contributed by atoms with Gasteiger partial charge in [-0.1, -0.05) is 0 Å². The molecular weight excluding hydrogens is 228 g/mol. The van der Waals surface area contributed by atoms with Crippen molar-refractivity contribution >= 4 is 17.2 Å². The first-order valence-electron chi connectivity index (χ1n) is 4.62. The van der Waals surface area contributed by atoms with E-state index in [-0.39, 0.29) is 6.42 Å². The molecule has 0 aliphatic heterocycles. The molecule has 0 radical (unpaired) electrons. The van der Waals surface area contributed by atoms with Crippen molar-refractivity contribution in [3.05, 3.63) is 29.5 Å². The topological polar surface area (TPSA) is 89.4 Å². The Kier molecular flexibility index (Phi) is 3.02. The van der Waals surface area contributed by atoms with Gasteiger partial charge in [-0.3, -0.25) is 4.79 Å². The van der Waals surface area contributed by atoms with Crippen LogP contribution >= 0.6 is 11.3 Å². The lowest BCUT2D eigenvalue weighted by molar-refractivity contribution is -0.125. The lowest BCUT2D eigenvalue weighted by Gasteiger charge is -2.02. The molecule has 0 unspecified atom stereocenters. The molecule has 6 heteroatoms. The Labute approximate surface area is 95.5 Å². The lowest BCUT2D eigenvalue weighted by Crippen LogP contribution is -2.30. The van der Waals surface area contributed by atoms with Crippen molar-refractivity contribution < 1.29 is 14.3 Å². The molecule has 2 aromatic rings. The Morgan fingerprint density at radius 2 is 2.50 bits per heavy atom. The van der Waals surface area contributed by atoms with Gasteiger partial charge < -0.3 is 15.3 Å². The van der Waals surface area contributed by atoms with Crippen LogP contribution in [-0.4, -0.2) is 22.1 Å². The molecule has 84 valence electrons. The fourth-order valence-corrected chi connectivity index (χ4v) is 2.01. The van der Waals surface area contributed by atoms with Crippen LogP contribution in [0.4, 0.5) is 0 Å². The number of nitrogens with two attached hydrogens (primary N) is 1. The number of aliphatic hydroxyl groups is 1. The van der Waals surface area contributed by atoms with Gasteiger partial charge in [0.25, 0.3) is 0 Å². The number of rotatable bonds is 4. The summed E-state index contributed by atoms with van der Waals surface area (Å²) in [5, 5.41) is 11.8. The van der Waals surface area contributed by atoms with Crippen molar-refractivity contribution in [1.82, 2.24) is 4.98 Å². The van der Waals surface area contributed by atoms with Crippen molar-refractivity contribution in [1.29, 1.82) is 0 Å². The van der Waals surface area contributed by atoms with Gasteiger partial charge in [-0.15, -0.1) is 11.3 Å². The third-order valence-corrected chi connectivity index (χ3v) is 2.92. The Morgan fingerprint density at radius 1 is 1.69 bits per heavy atom. The normalized spacial score (nSPS) is 12.6. The minimum atomic E-state index is -1.19. The van der Waals surface area contributed by atoms with E-state index in [1.165, 1.54) is 11.3 Å². The van der Waals surface area contributed by atoms with E-state index in [2.05, 4.69) is 4.98 Å². The van der Waals surface area contributed by atoms with Gasteiger partial charge in [0.05, 0.1) is 12.0 Å². The third-order valence-electron chi connectivity index (χ3n) is 2.01. The van der Waals surface area contributed by atoms with Crippen LogP contribution in [0.2, 0.25) is 0 Å². The molecule has 16 heavy (non-hydrogen) atoms. The summed E-state index contributed by atoms with van der Waals surface area (Å²) < 4.78 is 5.18. The molecule has 5 nitrogen and oxygen atoms in total. The summed E-state index contributed by atoms with van der Waals surface area (Å²) >= 11 is 1.39. The van der Waals surface area contributed by atoms with Gasteiger partial charge in [-0.05, 0) is 12.1 Å². The SMILES string of the molecule is NC(=O)[C@@H](O)Cc1csc(-c2ccco2)n1. The average Bonchev–Trinajstić information content (AvgIpc) is 2.85. The maximum absolute atomic E-state index is 10.7. The number of amides is 1. The van der Waals surface area contributed by atoms with E-state index >= 15 is 0 Å². The van der Waals surface area contributed by atoms with Crippen LogP contribution in [0.5, 0.6) is 0 Å². The molecule has 0 aliphatic rings. The van der Waals surface area contributed by atoms with Crippen LogP contribution in [0, 0.1) is 0 Å². The second-order valence-corrected chi connectivity index (χ2v) is 4.10. The van der Waals surface area contributed by atoms with Gasteiger partial charge in [-0.25, -0.2) is 4.98 Å². The summed E-state index contributed by atoms with van der Waals surface area (Å²) in [7, 11) is 0. The summed E-state index contributed by atoms with van der Waals surface area (Å²) in [4.78, 5) is 14.9. The van der Waals surface area contributed by atoms with E-state index in [9.17, 15) is 9.90 Å². The van der Waals surface area contributed by atoms with Crippen LogP contribution < -0.4 is 5.73 Å². The molecule has 1 atom stereocenters. The highest BCUT2D eigenvalue weighted by Gasteiger charge is 2.14. The summed E-state index contributed by atoms with van der Waals surface area (Å²) in [5.41, 5.74) is 5.58.